The second kappa shape index (κ2) is 5.33. The molecular weight excluding hydrogens is 210 g/mol. The van der Waals surface area contributed by atoms with Gasteiger partial charge in [-0.3, -0.25) is 0 Å². The fourth-order valence-electron chi connectivity index (χ4n) is 1.88. The molecular formula is C11H16ClN3. The van der Waals surface area contributed by atoms with Crippen molar-refractivity contribution in [1.29, 1.82) is 0 Å². The van der Waals surface area contributed by atoms with Crippen LogP contribution in [0.1, 0.15) is 19.3 Å². The SMILES string of the molecule is Clc1cccnc1NCC[C@@H]1CCCN1. The molecule has 4 heteroatoms. The second-order valence-corrected chi connectivity index (χ2v) is 4.25. The van der Waals surface area contributed by atoms with Crippen molar-refractivity contribution in [3.8, 4) is 0 Å². The number of anilines is 1. The highest BCUT2D eigenvalue weighted by molar-refractivity contribution is 6.32. The molecule has 1 aromatic rings. The normalized spacial score (nSPS) is 20.5. The van der Waals surface area contributed by atoms with Crippen molar-refractivity contribution >= 4 is 17.4 Å². The molecule has 1 aromatic heterocycles. The summed E-state index contributed by atoms with van der Waals surface area (Å²) in [6.45, 7) is 2.09. The minimum Gasteiger partial charge on any atom is -0.369 e. The van der Waals surface area contributed by atoms with E-state index in [1.807, 2.05) is 12.1 Å². The summed E-state index contributed by atoms with van der Waals surface area (Å²) in [4.78, 5) is 4.18. The van der Waals surface area contributed by atoms with Crippen molar-refractivity contribution in [2.24, 2.45) is 0 Å². The van der Waals surface area contributed by atoms with Gasteiger partial charge in [0.25, 0.3) is 0 Å². The number of rotatable bonds is 4. The Balaban J connectivity index is 1.75. The molecule has 3 nitrogen and oxygen atoms in total. The van der Waals surface area contributed by atoms with E-state index in [1.54, 1.807) is 6.20 Å². The molecule has 0 spiro atoms. The number of nitrogens with zero attached hydrogens (tertiary/aromatic N) is 1. The maximum atomic E-state index is 5.98. The van der Waals surface area contributed by atoms with Crippen LogP contribution in [0.3, 0.4) is 0 Å². The third kappa shape index (κ3) is 3.08. The predicted molar refractivity (Wildman–Crippen MR) is 63.4 cm³/mol. The molecule has 82 valence electrons. The predicted octanol–water partition coefficient (Wildman–Crippen LogP) is 2.29. The van der Waals surface area contributed by atoms with Gasteiger partial charge in [-0.25, -0.2) is 4.98 Å². The Bertz CT molecular complexity index is 310. The standard InChI is InChI=1S/C11H16ClN3/c12-10-4-2-7-14-11(10)15-8-5-9-3-1-6-13-9/h2,4,7,9,13H,1,3,5-6,8H2,(H,14,15)/t9-/m0/s1. The van der Waals surface area contributed by atoms with Crippen LogP contribution in [-0.2, 0) is 0 Å². The van der Waals surface area contributed by atoms with Crippen molar-refractivity contribution in [2.45, 2.75) is 25.3 Å². The highest BCUT2D eigenvalue weighted by Gasteiger charge is 2.13. The Morgan fingerprint density at radius 1 is 1.60 bits per heavy atom. The van der Waals surface area contributed by atoms with E-state index in [4.69, 9.17) is 11.6 Å². The molecule has 1 aliphatic heterocycles. The zero-order valence-electron chi connectivity index (χ0n) is 8.67. The van der Waals surface area contributed by atoms with Crippen LogP contribution in [0.4, 0.5) is 5.82 Å². The summed E-state index contributed by atoms with van der Waals surface area (Å²) in [5.74, 6) is 0.789. The van der Waals surface area contributed by atoms with Crippen molar-refractivity contribution in [3.05, 3.63) is 23.4 Å². The zero-order valence-corrected chi connectivity index (χ0v) is 9.43. The second-order valence-electron chi connectivity index (χ2n) is 3.84. The van der Waals surface area contributed by atoms with Crippen LogP contribution in [0.5, 0.6) is 0 Å². The molecule has 0 unspecified atom stereocenters. The van der Waals surface area contributed by atoms with E-state index in [1.165, 1.54) is 12.8 Å². The monoisotopic (exact) mass is 225 g/mol. The largest absolute Gasteiger partial charge is 0.369 e. The summed E-state index contributed by atoms with van der Waals surface area (Å²) >= 11 is 5.98. The molecule has 1 fully saturated rings. The Labute approximate surface area is 95.2 Å². The van der Waals surface area contributed by atoms with Crippen LogP contribution in [-0.4, -0.2) is 24.1 Å². The van der Waals surface area contributed by atoms with Gasteiger partial charge in [-0.05, 0) is 37.9 Å². The van der Waals surface area contributed by atoms with Crippen LogP contribution in [0.25, 0.3) is 0 Å². The van der Waals surface area contributed by atoms with E-state index in [-0.39, 0.29) is 0 Å². The zero-order chi connectivity index (χ0) is 10.5. The molecule has 0 saturated carbocycles. The van der Waals surface area contributed by atoms with Crippen LogP contribution < -0.4 is 10.6 Å². The van der Waals surface area contributed by atoms with Gasteiger partial charge in [-0.15, -0.1) is 0 Å². The maximum Gasteiger partial charge on any atom is 0.144 e. The van der Waals surface area contributed by atoms with Gasteiger partial charge >= 0.3 is 0 Å². The molecule has 0 radical (unpaired) electrons. The van der Waals surface area contributed by atoms with Gasteiger partial charge in [0.15, 0.2) is 0 Å². The topological polar surface area (TPSA) is 37.0 Å². The third-order valence-electron chi connectivity index (χ3n) is 2.71. The lowest BCUT2D eigenvalue weighted by molar-refractivity contribution is 0.574. The summed E-state index contributed by atoms with van der Waals surface area (Å²) in [7, 11) is 0. The van der Waals surface area contributed by atoms with Gasteiger partial charge in [0.05, 0.1) is 5.02 Å². The molecule has 15 heavy (non-hydrogen) atoms. The van der Waals surface area contributed by atoms with Crippen LogP contribution in [0, 0.1) is 0 Å². The number of halogens is 1. The summed E-state index contributed by atoms with van der Waals surface area (Å²) in [6.07, 6.45) is 5.47. The van der Waals surface area contributed by atoms with Crippen molar-refractivity contribution in [1.82, 2.24) is 10.3 Å². The van der Waals surface area contributed by atoms with E-state index in [9.17, 15) is 0 Å². The lowest BCUT2D eigenvalue weighted by Crippen LogP contribution is -2.24. The lowest BCUT2D eigenvalue weighted by Gasteiger charge is -2.11. The minimum atomic E-state index is 0.667. The quantitative estimate of drug-likeness (QED) is 0.826. The summed E-state index contributed by atoms with van der Waals surface area (Å²) in [5.41, 5.74) is 0. The van der Waals surface area contributed by atoms with E-state index in [2.05, 4.69) is 15.6 Å². The van der Waals surface area contributed by atoms with Gasteiger partial charge in [-0.2, -0.15) is 0 Å². The first-order chi connectivity index (χ1) is 7.36. The fraction of sp³-hybridized carbons (Fsp3) is 0.545. The first kappa shape index (κ1) is 10.7. The molecule has 2 N–H and O–H groups in total. The van der Waals surface area contributed by atoms with Gasteiger partial charge < -0.3 is 10.6 Å². The number of hydrogen-bond acceptors (Lipinski definition) is 3. The molecule has 0 aliphatic carbocycles. The Kier molecular flexibility index (Phi) is 3.80. The number of nitrogens with one attached hydrogen (secondary N) is 2. The summed E-state index contributed by atoms with van der Waals surface area (Å²) in [5, 5.41) is 7.41. The molecule has 0 bridgehead atoms. The first-order valence-electron chi connectivity index (χ1n) is 5.44. The first-order valence-corrected chi connectivity index (χ1v) is 5.82. The van der Waals surface area contributed by atoms with E-state index < -0.39 is 0 Å². The van der Waals surface area contributed by atoms with Gasteiger partial charge in [0, 0.05) is 18.8 Å². The Hall–Kier alpha value is -0.800. The number of aromatic nitrogens is 1. The Morgan fingerprint density at radius 3 is 3.27 bits per heavy atom. The Morgan fingerprint density at radius 2 is 2.53 bits per heavy atom. The average molecular weight is 226 g/mol. The summed E-state index contributed by atoms with van der Waals surface area (Å²) in [6, 6.07) is 4.36. The van der Waals surface area contributed by atoms with Crippen LogP contribution in [0.15, 0.2) is 18.3 Å². The highest BCUT2D eigenvalue weighted by atomic mass is 35.5. The van der Waals surface area contributed by atoms with Crippen molar-refractivity contribution in [2.75, 3.05) is 18.4 Å². The maximum absolute atomic E-state index is 5.98. The summed E-state index contributed by atoms with van der Waals surface area (Å²) < 4.78 is 0. The third-order valence-corrected chi connectivity index (χ3v) is 3.01. The van der Waals surface area contributed by atoms with E-state index >= 15 is 0 Å². The molecule has 2 heterocycles. The molecule has 2 rings (SSSR count). The molecule has 0 aromatic carbocycles. The fourth-order valence-corrected chi connectivity index (χ4v) is 2.07. The molecule has 1 atom stereocenters. The van der Waals surface area contributed by atoms with Crippen LogP contribution in [0.2, 0.25) is 5.02 Å². The number of pyridine rings is 1. The smallest absolute Gasteiger partial charge is 0.144 e. The lowest BCUT2D eigenvalue weighted by atomic mass is 10.1. The average Bonchev–Trinajstić information content (AvgIpc) is 2.74. The molecule has 0 amide bonds. The molecule has 1 aliphatic rings. The van der Waals surface area contributed by atoms with Crippen LogP contribution >= 0.6 is 11.6 Å². The van der Waals surface area contributed by atoms with Gasteiger partial charge in [0.2, 0.25) is 0 Å². The van der Waals surface area contributed by atoms with Gasteiger partial charge in [-0.1, -0.05) is 11.6 Å². The number of hydrogen-bond donors (Lipinski definition) is 2. The van der Waals surface area contributed by atoms with Crippen molar-refractivity contribution < 1.29 is 0 Å². The highest BCUT2D eigenvalue weighted by Crippen LogP contribution is 2.17. The van der Waals surface area contributed by atoms with E-state index in [0.29, 0.717) is 11.1 Å². The van der Waals surface area contributed by atoms with E-state index in [0.717, 1.165) is 25.3 Å². The molecule has 1 saturated heterocycles. The minimum absolute atomic E-state index is 0.667. The van der Waals surface area contributed by atoms with Crippen molar-refractivity contribution in [3.63, 3.8) is 0 Å². The van der Waals surface area contributed by atoms with Gasteiger partial charge in [0.1, 0.15) is 5.82 Å².